The molecule has 80 valence electrons. The van der Waals surface area contributed by atoms with Crippen LogP contribution in [-0.4, -0.2) is 9.55 Å². The Morgan fingerprint density at radius 2 is 2.47 bits per heavy atom. The molecule has 15 heavy (non-hydrogen) atoms. The quantitative estimate of drug-likeness (QED) is 0.858. The highest BCUT2D eigenvalue weighted by atomic mass is 32.1. The van der Waals surface area contributed by atoms with E-state index in [1.807, 2.05) is 24.0 Å². The zero-order valence-electron chi connectivity index (χ0n) is 8.97. The summed E-state index contributed by atoms with van der Waals surface area (Å²) in [5.41, 5.74) is 0. The molecule has 0 amide bonds. The molecule has 2 aromatic rings. The number of aryl methyl sites for hydroxylation is 1. The monoisotopic (exact) mass is 221 g/mol. The van der Waals surface area contributed by atoms with Gasteiger partial charge in [0.05, 0.1) is 6.54 Å². The predicted molar refractivity (Wildman–Crippen MR) is 62.8 cm³/mol. The lowest BCUT2D eigenvalue weighted by Gasteiger charge is -2.11. The summed E-state index contributed by atoms with van der Waals surface area (Å²) in [6.45, 7) is 2.98. The fraction of sp³-hybridized carbons (Fsp3) is 0.364. The van der Waals surface area contributed by atoms with Gasteiger partial charge in [-0.15, -0.1) is 11.3 Å². The van der Waals surface area contributed by atoms with E-state index in [9.17, 15) is 0 Å². The first-order chi connectivity index (χ1) is 7.27. The van der Waals surface area contributed by atoms with Crippen molar-refractivity contribution >= 4 is 11.3 Å². The summed E-state index contributed by atoms with van der Waals surface area (Å²) >= 11 is 1.78. The molecule has 0 spiro atoms. The number of hydrogen-bond acceptors (Lipinski definition) is 3. The van der Waals surface area contributed by atoms with Crippen molar-refractivity contribution in [1.82, 2.24) is 14.9 Å². The van der Waals surface area contributed by atoms with Crippen LogP contribution in [0.15, 0.2) is 29.9 Å². The van der Waals surface area contributed by atoms with Crippen LogP contribution >= 0.6 is 11.3 Å². The van der Waals surface area contributed by atoms with Crippen LogP contribution < -0.4 is 5.32 Å². The second-order valence-corrected chi connectivity index (χ2v) is 4.55. The van der Waals surface area contributed by atoms with Crippen LogP contribution in [0.4, 0.5) is 0 Å². The van der Waals surface area contributed by atoms with E-state index < -0.39 is 0 Å². The minimum absolute atomic E-state index is 0.390. The van der Waals surface area contributed by atoms with Gasteiger partial charge < -0.3 is 9.88 Å². The highest BCUT2D eigenvalue weighted by molar-refractivity contribution is 7.10. The zero-order chi connectivity index (χ0) is 10.7. The van der Waals surface area contributed by atoms with Gasteiger partial charge in [0.25, 0.3) is 0 Å². The summed E-state index contributed by atoms with van der Waals surface area (Å²) in [6.07, 6.45) is 3.79. The van der Waals surface area contributed by atoms with E-state index in [-0.39, 0.29) is 0 Å². The molecule has 0 radical (unpaired) electrons. The van der Waals surface area contributed by atoms with Crippen LogP contribution in [-0.2, 0) is 13.6 Å². The first-order valence-corrected chi connectivity index (χ1v) is 5.88. The van der Waals surface area contributed by atoms with Gasteiger partial charge in [-0.2, -0.15) is 0 Å². The normalized spacial score (nSPS) is 12.9. The first kappa shape index (κ1) is 10.4. The fourth-order valence-corrected chi connectivity index (χ4v) is 2.21. The van der Waals surface area contributed by atoms with Gasteiger partial charge in [-0.25, -0.2) is 4.98 Å². The van der Waals surface area contributed by atoms with Gasteiger partial charge in [0, 0.05) is 30.4 Å². The Kier molecular flexibility index (Phi) is 3.18. The second-order valence-electron chi connectivity index (χ2n) is 3.57. The molecule has 2 aromatic heterocycles. The van der Waals surface area contributed by atoms with Gasteiger partial charge in [0.1, 0.15) is 5.82 Å². The van der Waals surface area contributed by atoms with E-state index in [4.69, 9.17) is 0 Å². The number of imidazole rings is 1. The predicted octanol–water partition coefficient (Wildman–Crippen LogP) is 2.33. The van der Waals surface area contributed by atoms with Crippen molar-refractivity contribution in [1.29, 1.82) is 0 Å². The Morgan fingerprint density at radius 1 is 1.60 bits per heavy atom. The molecule has 0 bridgehead atoms. The Balaban J connectivity index is 1.91. The maximum Gasteiger partial charge on any atom is 0.122 e. The Hall–Kier alpha value is -1.13. The fourth-order valence-electron chi connectivity index (χ4n) is 1.45. The third-order valence-electron chi connectivity index (χ3n) is 2.46. The highest BCUT2D eigenvalue weighted by Crippen LogP contribution is 2.18. The summed E-state index contributed by atoms with van der Waals surface area (Å²) in [6, 6.07) is 4.63. The largest absolute Gasteiger partial charge is 0.337 e. The Bertz CT molecular complexity index is 405. The Labute approximate surface area is 93.8 Å². The van der Waals surface area contributed by atoms with Crippen molar-refractivity contribution < 1.29 is 0 Å². The molecule has 0 fully saturated rings. The number of nitrogens with one attached hydrogen (secondary N) is 1. The first-order valence-electron chi connectivity index (χ1n) is 5.00. The number of rotatable bonds is 4. The average molecular weight is 221 g/mol. The molecule has 0 aliphatic heterocycles. The lowest BCUT2D eigenvalue weighted by molar-refractivity contribution is 0.556. The maximum atomic E-state index is 4.27. The molecule has 2 heterocycles. The second kappa shape index (κ2) is 4.59. The molecule has 0 aliphatic rings. The molecule has 0 unspecified atom stereocenters. The molecule has 1 N–H and O–H groups in total. The van der Waals surface area contributed by atoms with Crippen LogP contribution in [0.3, 0.4) is 0 Å². The van der Waals surface area contributed by atoms with Crippen molar-refractivity contribution in [3.63, 3.8) is 0 Å². The summed E-state index contributed by atoms with van der Waals surface area (Å²) in [5, 5.41) is 5.56. The van der Waals surface area contributed by atoms with Crippen molar-refractivity contribution in [3.05, 3.63) is 40.6 Å². The summed E-state index contributed by atoms with van der Waals surface area (Å²) in [7, 11) is 2.01. The molecule has 1 atom stereocenters. The number of hydrogen-bond donors (Lipinski definition) is 1. The molecular formula is C11H15N3S. The third kappa shape index (κ3) is 2.46. The lowest BCUT2D eigenvalue weighted by atomic mass is 10.3. The number of thiophene rings is 1. The molecule has 0 saturated carbocycles. The third-order valence-corrected chi connectivity index (χ3v) is 3.51. The Morgan fingerprint density at radius 3 is 3.07 bits per heavy atom. The van der Waals surface area contributed by atoms with Crippen LogP contribution in [0.1, 0.15) is 23.7 Å². The van der Waals surface area contributed by atoms with Gasteiger partial charge in [-0.1, -0.05) is 6.07 Å². The van der Waals surface area contributed by atoms with Crippen molar-refractivity contribution in [2.75, 3.05) is 0 Å². The molecule has 2 rings (SSSR count). The van der Waals surface area contributed by atoms with Crippen molar-refractivity contribution in [3.8, 4) is 0 Å². The van der Waals surface area contributed by atoms with Crippen LogP contribution in [0.25, 0.3) is 0 Å². The SMILES string of the molecule is C[C@@H](NCc1nccn1C)c1cccs1. The van der Waals surface area contributed by atoms with E-state index in [2.05, 4.69) is 34.7 Å². The average Bonchev–Trinajstić information content (AvgIpc) is 2.85. The smallest absolute Gasteiger partial charge is 0.122 e. The van der Waals surface area contributed by atoms with Crippen LogP contribution in [0.5, 0.6) is 0 Å². The number of nitrogens with zero attached hydrogens (tertiary/aromatic N) is 2. The van der Waals surface area contributed by atoms with E-state index in [0.29, 0.717) is 6.04 Å². The molecule has 0 aromatic carbocycles. The molecule has 0 aliphatic carbocycles. The summed E-state index contributed by atoms with van der Waals surface area (Å²) < 4.78 is 2.04. The topological polar surface area (TPSA) is 29.9 Å². The zero-order valence-corrected chi connectivity index (χ0v) is 9.79. The maximum absolute atomic E-state index is 4.27. The minimum atomic E-state index is 0.390. The molecule has 0 saturated heterocycles. The van der Waals surface area contributed by atoms with Gasteiger partial charge in [-0.05, 0) is 18.4 Å². The van der Waals surface area contributed by atoms with Gasteiger partial charge >= 0.3 is 0 Å². The van der Waals surface area contributed by atoms with Crippen molar-refractivity contribution in [2.24, 2.45) is 7.05 Å². The van der Waals surface area contributed by atoms with Gasteiger partial charge in [-0.3, -0.25) is 0 Å². The van der Waals surface area contributed by atoms with Gasteiger partial charge in [0.15, 0.2) is 0 Å². The van der Waals surface area contributed by atoms with E-state index in [1.165, 1.54) is 4.88 Å². The van der Waals surface area contributed by atoms with E-state index in [0.717, 1.165) is 12.4 Å². The van der Waals surface area contributed by atoms with E-state index >= 15 is 0 Å². The van der Waals surface area contributed by atoms with Gasteiger partial charge in [0.2, 0.25) is 0 Å². The molecular weight excluding hydrogens is 206 g/mol. The van der Waals surface area contributed by atoms with Crippen LogP contribution in [0, 0.1) is 0 Å². The molecule has 4 heteroatoms. The van der Waals surface area contributed by atoms with Crippen LogP contribution in [0.2, 0.25) is 0 Å². The number of aromatic nitrogens is 2. The standard InChI is InChI=1S/C11H15N3S/c1-9(10-4-3-7-15-10)13-8-11-12-5-6-14(11)2/h3-7,9,13H,8H2,1-2H3/t9-/m1/s1. The summed E-state index contributed by atoms with van der Waals surface area (Å²) in [4.78, 5) is 5.64. The lowest BCUT2D eigenvalue weighted by Crippen LogP contribution is -2.19. The summed E-state index contributed by atoms with van der Waals surface area (Å²) in [5.74, 6) is 1.07. The molecule has 3 nitrogen and oxygen atoms in total. The van der Waals surface area contributed by atoms with E-state index in [1.54, 1.807) is 11.3 Å². The van der Waals surface area contributed by atoms with Crippen molar-refractivity contribution in [2.45, 2.75) is 19.5 Å². The highest BCUT2D eigenvalue weighted by Gasteiger charge is 2.06. The minimum Gasteiger partial charge on any atom is -0.337 e.